The lowest BCUT2D eigenvalue weighted by atomic mass is 9.94. The number of carboxylic acid groups (broad SMARTS) is 1. The van der Waals surface area contributed by atoms with Gasteiger partial charge in [0.25, 0.3) is 5.91 Å². The summed E-state index contributed by atoms with van der Waals surface area (Å²) >= 11 is 0.914. The number of aliphatic hydroxyl groups excluding tert-OH is 1. The van der Waals surface area contributed by atoms with Crippen LogP contribution < -0.4 is 5.32 Å². The van der Waals surface area contributed by atoms with Crippen LogP contribution in [0.2, 0.25) is 0 Å². The van der Waals surface area contributed by atoms with Gasteiger partial charge < -0.3 is 15.5 Å². The molecule has 1 unspecified atom stereocenters. The van der Waals surface area contributed by atoms with Crippen molar-refractivity contribution >= 4 is 23.2 Å². The molecule has 1 amide bonds. The predicted octanol–water partition coefficient (Wildman–Crippen LogP) is 2.83. The maximum Gasteiger partial charge on any atom is 0.345 e. The third-order valence-electron chi connectivity index (χ3n) is 3.61. The number of amides is 1. The first-order valence-corrected chi connectivity index (χ1v) is 7.97. The minimum atomic E-state index is -1.06. The smallest absolute Gasteiger partial charge is 0.345 e. The third-order valence-corrected chi connectivity index (χ3v) is 4.69. The Morgan fingerprint density at radius 3 is 2.17 bits per heavy atom. The Balaban J connectivity index is 2.25. The highest BCUT2D eigenvalue weighted by Crippen LogP contribution is 2.24. The molecule has 0 radical (unpaired) electrons. The highest BCUT2D eigenvalue weighted by atomic mass is 32.1. The molecule has 0 saturated carbocycles. The number of aryl methyl sites for hydroxylation is 3. The van der Waals surface area contributed by atoms with E-state index in [2.05, 4.69) is 5.32 Å². The van der Waals surface area contributed by atoms with Gasteiger partial charge in [0.05, 0.1) is 17.5 Å². The topological polar surface area (TPSA) is 86.6 Å². The fourth-order valence-electron chi connectivity index (χ4n) is 2.75. The second kappa shape index (κ2) is 6.93. The minimum Gasteiger partial charge on any atom is -0.477 e. The minimum absolute atomic E-state index is 0.110. The number of hydrogen-bond donors (Lipinski definition) is 3. The number of benzene rings is 1. The standard InChI is InChI=1S/C17H19NO4S/c1-9-6-10(2)15(11(3)7-9)12(8-19)18-16(20)13-4-5-14(23-13)17(21)22/h4-7,12,19H,8H2,1-3H3,(H,18,20)(H,21,22). The molecule has 1 atom stereocenters. The number of nitrogens with one attached hydrogen (secondary N) is 1. The molecule has 23 heavy (non-hydrogen) atoms. The van der Waals surface area contributed by atoms with E-state index in [1.807, 2.05) is 32.9 Å². The molecule has 2 aromatic rings. The largest absolute Gasteiger partial charge is 0.477 e. The molecule has 1 heterocycles. The first kappa shape index (κ1) is 17.2. The first-order valence-electron chi connectivity index (χ1n) is 7.16. The van der Waals surface area contributed by atoms with E-state index in [4.69, 9.17) is 5.11 Å². The van der Waals surface area contributed by atoms with Crippen molar-refractivity contribution in [3.63, 3.8) is 0 Å². The summed E-state index contributed by atoms with van der Waals surface area (Å²) in [7, 11) is 0. The van der Waals surface area contributed by atoms with Crippen LogP contribution in [0.25, 0.3) is 0 Å². The molecule has 3 N–H and O–H groups in total. The number of aromatic carboxylic acids is 1. The van der Waals surface area contributed by atoms with E-state index >= 15 is 0 Å². The van der Waals surface area contributed by atoms with Gasteiger partial charge in [-0.05, 0) is 49.6 Å². The molecule has 5 nitrogen and oxygen atoms in total. The van der Waals surface area contributed by atoms with Gasteiger partial charge in [-0.15, -0.1) is 11.3 Å². The van der Waals surface area contributed by atoms with Crippen molar-refractivity contribution < 1.29 is 19.8 Å². The summed E-state index contributed by atoms with van der Waals surface area (Å²) in [6.45, 7) is 5.65. The van der Waals surface area contributed by atoms with Crippen LogP contribution >= 0.6 is 11.3 Å². The van der Waals surface area contributed by atoms with E-state index < -0.39 is 12.0 Å². The lowest BCUT2D eigenvalue weighted by molar-refractivity contribution is 0.0702. The molecule has 6 heteroatoms. The lowest BCUT2D eigenvalue weighted by Gasteiger charge is -2.21. The average molecular weight is 333 g/mol. The molecular weight excluding hydrogens is 314 g/mol. The Labute approximate surface area is 138 Å². The van der Waals surface area contributed by atoms with E-state index in [0.717, 1.165) is 33.6 Å². The number of carbonyl (C=O) groups is 2. The normalized spacial score (nSPS) is 12.0. The molecule has 0 fully saturated rings. The zero-order valence-electron chi connectivity index (χ0n) is 13.2. The molecule has 0 saturated heterocycles. The fourth-order valence-corrected chi connectivity index (χ4v) is 3.50. The van der Waals surface area contributed by atoms with Crippen LogP contribution in [0.4, 0.5) is 0 Å². The van der Waals surface area contributed by atoms with Gasteiger partial charge in [-0.3, -0.25) is 4.79 Å². The van der Waals surface area contributed by atoms with Crippen molar-refractivity contribution in [1.29, 1.82) is 0 Å². The summed E-state index contributed by atoms with van der Waals surface area (Å²) < 4.78 is 0. The molecule has 0 aliphatic rings. The quantitative estimate of drug-likeness (QED) is 0.785. The summed E-state index contributed by atoms with van der Waals surface area (Å²) in [4.78, 5) is 23.6. The van der Waals surface area contributed by atoms with Crippen LogP contribution in [0.15, 0.2) is 24.3 Å². The van der Waals surface area contributed by atoms with Gasteiger partial charge in [-0.2, -0.15) is 0 Å². The van der Waals surface area contributed by atoms with E-state index in [1.54, 1.807) is 0 Å². The molecule has 1 aromatic heterocycles. The van der Waals surface area contributed by atoms with Crippen molar-refractivity contribution in [1.82, 2.24) is 5.32 Å². The zero-order chi connectivity index (χ0) is 17.1. The van der Waals surface area contributed by atoms with Gasteiger partial charge in [-0.25, -0.2) is 4.79 Å². The number of rotatable bonds is 5. The summed E-state index contributed by atoms with van der Waals surface area (Å²) in [5.74, 6) is -1.45. The van der Waals surface area contributed by atoms with Gasteiger partial charge in [0, 0.05) is 0 Å². The van der Waals surface area contributed by atoms with Gasteiger partial charge in [0.1, 0.15) is 4.88 Å². The second-order valence-corrected chi connectivity index (χ2v) is 6.57. The average Bonchev–Trinajstić information content (AvgIpc) is 2.95. The van der Waals surface area contributed by atoms with Crippen LogP contribution in [0, 0.1) is 20.8 Å². The predicted molar refractivity (Wildman–Crippen MR) is 89.2 cm³/mol. The van der Waals surface area contributed by atoms with Crippen molar-refractivity contribution in [2.75, 3.05) is 6.61 Å². The summed E-state index contributed by atoms with van der Waals surface area (Å²) in [5, 5.41) is 21.4. The highest BCUT2D eigenvalue weighted by molar-refractivity contribution is 7.15. The zero-order valence-corrected chi connectivity index (χ0v) is 14.0. The number of aliphatic hydroxyl groups is 1. The summed E-state index contributed by atoms with van der Waals surface area (Å²) in [6.07, 6.45) is 0. The van der Waals surface area contributed by atoms with Crippen LogP contribution in [0.1, 0.15) is 47.6 Å². The Morgan fingerprint density at radius 1 is 1.13 bits per heavy atom. The van der Waals surface area contributed by atoms with E-state index in [9.17, 15) is 14.7 Å². The van der Waals surface area contributed by atoms with Crippen molar-refractivity contribution in [2.45, 2.75) is 26.8 Å². The van der Waals surface area contributed by atoms with Crippen molar-refractivity contribution in [3.05, 3.63) is 56.3 Å². The Kier molecular flexibility index (Phi) is 5.18. The maximum absolute atomic E-state index is 12.3. The maximum atomic E-state index is 12.3. The van der Waals surface area contributed by atoms with E-state index in [1.165, 1.54) is 12.1 Å². The SMILES string of the molecule is Cc1cc(C)c(C(CO)NC(=O)c2ccc(C(=O)O)s2)c(C)c1. The number of carbonyl (C=O) groups excluding carboxylic acids is 1. The van der Waals surface area contributed by atoms with E-state index in [0.29, 0.717) is 4.88 Å². The molecule has 2 rings (SSSR count). The third kappa shape index (κ3) is 3.78. The molecule has 0 bridgehead atoms. The van der Waals surface area contributed by atoms with Gasteiger partial charge in [0.2, 0.25) is 0 Å². The highest BCUT2D eigenvalue weighted by Gasteiger charge is 2.20. The number of hydrogen-bond acceptors (Lipinski definition) is 4. The van der Waals surface area contributed by atoms with Crippen molar-refractivity contribution in [3.8, 4) is 0 Å². The molecule has 1 aromatic carbocycles. The Bertz CT molecular complexity index is 728. The van der Waals surface area contributed by atoms with Crippen LogP contribution in [-0.4, -0.2) is 28.7 Å². The molecule has 0 aliphatic carbocycles. The van der Waals surface area contributed by atoms with Crippen LogP contribution in [0.3, 0.4) is 0 Å². The summed E-state index contributed by atoms with van der Waals surface area (Å²) in [5.41, 5.74) is 4.01. The van der Waals surface area contributed by atoms with Crippen molar-refractivity contribution in [2.24, 2.45) is 0 Å². The number of carboxylic acids is 1. The van der Waals surface area contributed by atoms with Gasteiger partial charge in [-0.1, -0.05) is 17.7 Å². The molecule has 0 aliphatic heterocycles. The fraction of sp³-hybridized carbons (Fsp3) is 0.294. The number of thiophene rings is 1. The van der Waals surface area contributed by atoms with Crippen LogP contribution in [0.5, 0.6) is 0 Å². The monoisotopic (exact) mass is 333 g/mol. The lowest BCUT2D eigenvalue weighted by Crippen LogP contribution is -2.31. The van der Waals surface area contributed by atoms with Crippen LogP contribution in [-0.2, 0) is 0 Å². The Hall–Kier alpha value is -2.18. The summed E-state index contributed by atoms with van der Waals surface area (Å²) in [6, 6.07) is 6.36. The van der Waals surface area contributed by atoms with Gasteiger partial charge >= 0.3 is 5.97 Å². The van der Waals surface area contributed by atoms with Gasteiger partial charge in [0.15, 0.2) is 0 Å². The van der Waals surface area contributed by atoms with E-state index in [-0.39, 0.29) is 17.4 Å². The molecular formula is C17H19NO4S. The molecule has 0 spiro atoms. The Morgan fingerprint density at radius 2 is 1.70 bits per heavy atom. The second-order valence-electron chi connectivity index (χ2n) is 5.49. The first-order chi connectivity index (χ1) is 10.8. The molecule has 122 valence electrons.